The molecule has 0 heterocycles. The summed E-state index contributed by atoms with van der Waals surface area (Å²) < 4.78 is 12.9. The Kier molecular flexibility index (Phi) is 2.05. The molecule has 0 amide bonds. The Morgan fingerprint density at radius 3 is 2.69 bits per heavy atom. The quantitative estimate of drug-likeness (QED) is 0.700. The van der Waals surface area contributed by atoms with E-state index < -0.39 is 0 Å². The normalized spacial score (nSPS) is 15.9. The van der Waals surface area contributed by atoms with Crippen molar-refractivity contribution in [2.45, 2.75) is 19.3 Å². The van der Waals surface area contributed by atoms with Gasteiger partial charge in [-0.05, 0) is 42.5 Å². The molecule has 2 rings (SSSR count). The van der Waals surface area contributed by atoms with Crippen LogP contribution >= 0.6 is 0 Å². The Morgan fingerprint density at radius 1 is 1.23 bits per heavy atom. The van der Waals surface area contributed by atoms with Gasteiger partial charge in [-0.1, -0.05) is 6.08 Å². The lowest BCUT2D eigenvalue weighted by Crippen LogP contribution is -1.83. The van der Waals surface area contributed by atoms with Crippen molar-refractivity contribution < 1.29 is 9.50 Å². The molecule has 1 nitrogen and oxygen atoms in total. The average Bonchev–Trinajstić information content (AvgIpc) is 2.53. The lowest BCUT2D eigenvalue weighted by atomic mass is 10.1. The Balaban J connectivity index is 2.39. The molecule has 1 aliphatic carbocycles. The van der Waals surface area contributed by atoms with Crippen LogP contribution in [0, 0.1) is 5.82 Å². The second-order valence-electron chi connectivity index (χ2n) is 3.32. The summed E-state index contributed by atoms with van der Waals surface area (Å²) in [4.78, 5) is 0. The Hall–Kier alpha value is -1.31. The highest BCUT2D eigenvalue weighted by Crippen LogP contribution is 2.29. The molecule has 0 aliphatic heterocycles. The van der Waals surface area contributed by atoms with Crippen molar-refractivity contribution in [3.8, 4) is 5.75 Å². The first-order chi connectivity index (χ1) is 6.25. The van der Waals surface area contributed by atoms with Crippen molar-refractivity contribution in [2.75, 3.05) is 0 Å². The standard InChI is InChI=1S/C11H11FO/c12-10-5-9(6-11(13)7-10)8-3-1-2-4-8/h3,5-7,13H,1-2,4H2. The summed E-state index contributed by atoms with van der Waals surface area (Å²) in [6.07, 6.45) is 5.29. The van der Waals surface area contributed by atoms with Gasteiger partial charge in [0, 0.05) is 6.07 Å². The summed E-state index contributed by atoms with van der Waals surface area (Å²) in [5, 5.41) is 9.19. The van der Waals surface area contributed by atoms with E-state index in [0.29, 0.717) is 0 Å². The smallest absolute Gasteiger partial charge is 0.127 e. The second kappa shape index (κ2) is 3.21. The number of phenolic OH excluding ortho intramolecular Hbond substituents is 1. The molecule has 0 saturated heterocycles. The predicted octanol–water partition coefficient (Wildman–Crippen LogP) is 3.10. The molecule has 1 N–H and O–H groups in total. The van der Waals surface area contributed by atoms with E-state index in [2.05, 4.69) is 6.08 Å². The molecule has 0 atom stereocenters. The topological polar surface area (TPSA) is 20.2 Å². The van der Waals surface area contributed by atoms with Crippen LogP contribution in [-0.4, -0.2) is 5.11 Å². The first kappa shape index (κ1) is 8.30. The van der Waals surface area contributed by atoms with Crippen LogP contribution in [0.25, 0.3) is 5.57 Å². The van der Waals surface area contributed by atoms with Gasteiger partial charge < -0.3 is 5.11 Å². The Morgan fingerprint density at radius 2 is 2.08 bits per heavy atom. The molecular weight excluding hydrogens is 167 g/mol. The average molecular weight is 178 g/mol. The Bertz CT molecular complexity index is 335. The third-order valence-corrected chi connectivity index (χ3v) is 2.29. The minimum Gasteiger partial charge on any atom is -0.508 e. The summed E-state index contributed by atoms with van der Waals surface area (Å²) in [5.74, 6) is -0.370. The maximum atomic E-state index is 12.9. The van der Waals surface area contributed by atoms with E-state index in [0.717, 1.165) is 36.5 Å². The summed E-state index contributed by atoms with van der Waals surface area (Å²) >= 11 is 0. The molecule has 1 aromatic carbocycles. The zero-order chi connectivity index (χ0) is 9.26. The second-order valence-corrected chi connectivity index (χ2v) is 3.32. The molecule has 2 heteroatoms. The van der Waals surface area contributed by atoms with E-state index in [9.17, 15) is 9.50 Å². The third kappa shape index (κ3) is 1.72. The van der Waals surface area contributed by atoms with Crippen LogP contribution in [-0.2, 0) is 0 Å². The van der Waals surface area contributed by atoms with E-state index >= 15 is 0 Å². The predicted molar refractivity (Wildman–Crippen MR) is 49.9 cm³/mol. The van der Waals surface area contributed by atoms with Crippen molar-refractivity contribution in [2.24, 2.45) is 0 Å². The molecule has 0 fully saturated rings. The maximum absolute atomic E-state index is 12.9. The fraction of sp³-hybridized carbons (Fsp3) is 0.273. The Labute approximate surface area is 76.5 Å². The number of aromatic hydroxyl groups is 1. The zero-order valence-electron chi connectivity index (χ0n) is 7.26. The molecule has 0 spiro atoms. The van der Waals surface area contributed by atoms with Crippen molar-refractivity contribution >= 4 is 5.57 Å². The SMILES string of the molecule is Oc1cc(F)cc(C2=CCCC2)c1. The van der Waals surface area contributed by atoms with Gasteiger partial charge in [-0.15, -0.1) is 0 Å². The van der Waals surface area contributed by atoms with Gasteiger partial charge in [0.1, 0.15) is 11.6 Å². The highest BCUT2D eigenvalue weighted by molar-refractivity contribution is 5.68. The van der Waals surface area contributed by atoms with Crippen LogP contribution in [0.5, 0.6) is 5.75 Å². The molecule has 0 radical (unpaired) electrons. The monoisotopic (exact) mass is 178 g/mol. The van der Waals surface area contributed by atoms with Crippen LogP contribution < -0.4 is 0 Å². The summed E-state index contributed by atoms with van der Waals surface area (Å²) in [6.45, 7) is 0. The van der Waals surface area contributed by atoms with Crippen LogP contribution in [0.4, 0.5) is 4.39 Å². The first-order valence-electron chi connectivity index (χ1n) is 4.45. The lowest BCUT2D eigenvalue weighted by Gasteiger charge is -2.02. The number of benzene rings is 1. The zero-order valence-corrected chi connectivity index (χ0v) is 7.26. The van der Waals surface area contributed by atoms with Gasteiger partial charge in [-0.2, -0.15) is 0 Å². The first-order valence-corrected chi connectivity index (χ1v) is 4.45. The van der Waals surface area contributed by atoms with Crippen molar-refractivity contribution in [1.82, 2.24) is 0 Å². The fourth-order valence-electron chi connectivity index (χ4n) is 1.69. The molecule has 68 valence electrons. The van der Waals surface area contributed by atoms with Crippen molar-refractivity contribution in [1.29, 1.82) is 0 Å². The number of allylic oxidation sites excluding steroid dienone is 2. The van der Waals surface area contributed by atoms with Crippen molar-refractivity contribution in [3.63, 3.8) is 0 Å². The van der Waals surface area contributed by atoms with E-state index in [1.165, 1.54) is 6.07 Å². The van der Waals surface area contributed by atoms with E-state index in [1.807, 2.05) is 0 Å². The van der Waals surface area contributed by atoms with Gasteiger partial charge in [-0.25, -0.2) is 4.39 Å². The largest absolute Gasteiger partial charge is 0.508 e. The number of phenols is 1. The minimum atomic E-state index is -0.372. The molecular formula is C11H11FO. The van der Waals surface area contributed by atoms with Gasteiger partial charge >= 0.3 is 0 Å². The molecule has 1 aromatic rings. The van der Waals surface area contributed by atoms with Gasteiger partial charge in [0.2, 0.25) is 0 Å². The third-order valence-electron chi connectivity index (χ3n) is 2.29. The van der Waals surface area contributed by atoms with E-state index in [-0.39, 0.29) is 11.6 Å². The molecule has 0 aromatic heterocycles. The van der Waals surface area contributed by atoms with Gasteiger partial charge in [-0.3, -0.25) is 0 Å². The maximum Gasteiger partial charge on any atom is 0.127 e. The minimum absolute atomic E-state index is 0.00259. The van der Waals surface area contributed by atoms with Crippen LogP contribution in [0.1, 0.15) is 24.8 Å². The van der Waals surface area contributed by atoms with E-state index in [4.69, 9.17) is 0 Å². The van der Waals surface area contributed by atoms with Crippen molar-refractivity contribution in [3.05, 3.63) is 35.7 Å². The van der Waals surface area contributed by atoms with Crippen LogP contribution in [0.3, 0.4) is 0 Å². The molecule has 13 heavy (non-hydrogen) atoms. The molecule has 1 aliphatic rings. The highest BCUT2D eigenvalue weighted by atomic mass is 19.1. The number of halogens is 1. The summed E-state index contributed by atoms with van der Waals surface area (Å²) in [6, 6.07) is 4.20. The van der Waals surface area contributed by atoms with Gasteiger partial charge in [0.15, 0.2) is 0 Å². The number of hydrogen-bond donors (Lipinski definition) is 1. The highest BCUT2D eigenvalue weighted by Gasteiger charge is 2.08. The fourth-order valence-corrected chi connectivity index (χ4v) is 1.69. The molecule has 0 bridgehead atoms. The molecule has 0 saturated carbocycles. The summed E-state index contributed by atoms with van der Waals surface area (Å²) in [5.41, 5.74) is 1.96. The summed E-state index contributed by atoms with van der Waals surface area (Å²) in [7, 11) is 0. The van der Waals surface area contributed by atoms with Gasteiger partial charge in [0.05, 0.1) is 0 Å². The van der Waals surface area contributed by atoms with Crippen LogP contribution in [0.2, 0.25) is 0 Å². The lowest BCUT2D eigenvalue weighted by molar-refractivity contribution is 0.469. The number of rotatable bonds is 1. The van der Waals surface area contributed by atoms with E-state index in [1.54, 1.807) is 6.07 Å². The molecule has 0 unspecified atom stereocenters. The van der Waals surface area contributed by atoms with Gasteiger partial charge in [0.25, 0.3) is 0 Å². The number of hydrogen-bond acceptors (Lipinski definition) is 1. The van der Waals surface area contributed by atoms with Crippen LogP contribution in [0.15, 0.2) is 24.3 Å².